The molecule has 4 aliphatic rings. The number of aryl methyl sites for hydroxylation is 1. The summed E-state index contributed by atoms with van der Waals surface area (Å²) in [6.07, 6.45) is 7.54. The Bertz CT molecular complexity index is 1500. The van der Waals surface area contributed by atoms with Crippen LogP contribution in [0.4, 0.5) is 4.39 Å². The number of ether oxygens (including phenoxy) is 1. The van der Waals surface area contributed by atoms with Gasteiger partial charge in [0.2, 0.25) is 0 Å². The van der Waals surface area contributed by atoms with E-state index in [0.717, 1.165) is 74.4 Å². The van der Waals surface area contributed by atoms with E-state index < -0.39 is 11.9 Å². The van der Waals surface area contributed by atoms with Gasteiger partial charge >= 0.3 is 0 Å². The molecule has 3 aromatic rings. The van der Waals surface area contributed by atoms with E-state index in [9.17, 15) is 9.59 Å². The van der Waals surface area contributed by atoms with Crippen molar-refractivity contribution in [3.8, 4) is 5.75 Å². The molecule has 0 bridgehead atoms. The molecule has 4 heterocycles. The quantitative estimate of drug-likeness (QED) is 0.449. The zero-order valence-electron chi connectivity index (χ0n) is 22.2. The number of benzene rings is 1. The van der Waals surface area contributed by atoms with Gasteiger partial charge in [-0.1, -0.05) is 17.7 Å². The van der Waals surface area contributed by atoms with Crippen LogP contribution in [0.15, 0.2) is 30.3 Å². The topological polar surface area (TPSA) is 89.4 Å². The molecule has 0 radical (unpaired) electrons. The van der Waals surface area contributed by atoms with Crippen molar-refractivity contribution in [2.45, 2.75) is 75.9 Å². The Balaban J connectivity index is 1.16. The SMILES string of the molecule is O=C(NC1CC1)c1ccc(OCC(=O)N2CCc3nc4n(c3C2c2ccc(Cl)cc2F)CCCC4)c(C2CC2)n1. The number of halogens is 2. The average molecular weight is 564 g/mol. The summed E-state index contributed by atoms with van der Waals surface area (Å²) in [7, 11) is 0. The maximum atomic E-state index is 15.4. The highest BCUT2D eigenvalue weighted by atomic mass is 35.5. The molecular weight excluding hydrogens is 533 g/mol. The first-order valence-electron chi connectivity index (χ1n) is 14.2. The van der Waals surface area contributed by atoms with Crippen molar-refractivity contribution in [3.05, 3.63) is 75.3 Å². The number of carbonyl (C=O) groups excluding carboxylic acids is 2. The van der Waals surface area contributed by atoms with E-state index in [2.05, 4.69) is 14.9 Å². The second kappa shape index (κ2) is 10.2. The highest BCUT2D eigenvalue weighted by molar-refractivity contribution is 6.30. The summed E-state index contributed by atoms with van der Waals surface area (Å²) >= 11 is 6.08. The minimum Gasteiger partial charge on any atom is -0.482 e. The number of hydrogen-bond acceptors (Lipinski definition) is 5. The van der Waals surface area contributed by atoms with Crippen LogP contribution in [-0.2, 0) is 24.2 Å². The fourth-order valence-corrected chi connectivity index (χ4v) is 6.09. The standard InChI is InChI=1S/C30H31ClFN5O3/c31-18-6-9-20(21(32)15-18)28-29-22(34-25-3-1-2-13-36(25)29)12-14-37(28)26(38)16-40-24-11-10-23(30(39)33-19-7-8-19)35-27(24)17-4-5-17/h6,9-11,15,17,19,28H,1-5,7-8,12-14,16H2,(H,33,39). The molecule has 0 spiro atoms. The monoisotopic (exact) mass is 563 g/mol. The Morgan fingerprint density at radius 1 is 1.05 bits per heavy atom. The van der Waals surface area contributed by atoms with E-state index >= 15 is 4.39 Å². The molecule has 1 atom stereocenters. The number of imidazole rings is 1. The summed E-state index contributed by atoms with van der Waals surface area (Å²) in [5.74, 6) is 0.891. The Hall–Kier alpha value is -3.46. The highest BCUT2D eigenvalue weighted by Crippen LogP contribution is 2.44. The van der Waals surface area contributed by atoms with E-state index in [1.165, 1.54) is 6.07 Å². The maximum Gasteiger partial charge on any atom is 0.270 e. The van der Waals surface area contributed by atoms with E-state index in [1.807, 2.05) is 0 Å². The summed E-state index contributed by atoms with van der Waals surface area (Å²) in [4.78, 5) is 37.5. The van der Waals surface area contributed by atoms with E-state index in [1.54, 1.807) is 29.2 Å². The van der Waals surface area contributed by atoms with Crippen molar-refractivity contribution in [2.24, 2.45) is 0 Å². The molecule has 10 heteroatoms. The van der Waals surface area contributed by atoms with Gasteiger partial charge in [-0.3, -0.25) is 9.59 Å². The normalized spacial score (nSPS) is 20.1. The molecule has 1 unspecified atom stereocenters. The van der Waals surface area contributed by atoms with Crippen LogP contribution in [-0.4, -0.2) is 50.4 Å². The van der Waals surface area contributed by atoms with Crippen LogP contribution in [0.5, 0.6) is 5.75 Å². The van der Waals surface area contributed by atoms with Crippen LogP contribution in [0.2, 0.25) is 5.02 Å². The van der Waals surface area contributed by atoms with Crippen LogP contribution < -0.4 is 10.1 Å². The fourth-order valence-electron chi connectivity index (χ4n) is 5.93. The van der Waals surface area contributed by atoms with E-state index in [0.29, 0.717) is 35.0 Å². The molecule has 1 aromatic carbocycles. The number of carbonyl (C=O) groups is 2. The summed E-state index contributed by atoms with van der Waals surface area (Å²) in [5.41, 5.74) is 3.32. The van der Waals surface area contributed by atoms with Crippen molar-refractivity contribution in [1.29, 1.82) is 0 Å². The molecular formula is C30H31ClFN5O3. The van der Waals surface area contributed by atoms with Crippen molar-refractivity contribution in [2.75, 3.05) is 13.2 Å². The molecule has 2 aliphatic heterocycles. The molecule has 1 N–H and O–H groups in total. The average Bonchev–Trinajstić information content (AvgIpc) is 3.89. The number of rotatable bonds is 7. The van der Waals surface area contributed by atoms with Crippen molar-refractivity contribution in [3.63, 3.8) is 0 Å². The third-order valence-electron chi connectivity index (χ3n) is 8.28. The van der Waals surface area contributed by atoms with Crippen molar-refractivity contribution < 1.29 is 18.7 Å². The molecule has 2 fully saturated rings. The third kappa shape index (κ3) is 4.85. The van der Waals surface area contributed by atoms with Gasteiger partial charge in [0.05, 0.1) is 17.1 Å². The van der Waals surface area contributed by atoms with E-state index in [-0.39, 0.29) is 30.4 Å². The molecule has 7 rings (SSSR count). The molecule has 208 valence electrons. The van der Waals surface area contributed by atoms with Crippen molar-refractivity contribution >= 4 is 23.4 Å². The Labute approximate surface area is 236 Å². The Morgan fingerprint density at radius 2 is 1.90 bits per heavy atom. The van der Waals surface area contributed by atoms with Gasteiger partial charge in [-0.25, -0.2) is 14.4 Å². The molecule has 2 aliphatic carbocycles. The lowest BCUT2D eigenvalue weighted by atomic mass is 9.94. The van der Waals surface area contributed by atoms with Crippen LogP contribution in [0.3, 0.4) is 0 Å². The zero-order chi connectivity index (χ0) is 27.4. The summed E-state index contributed by atoms with van der Waals surface area (Å²) < 4.78 is 23.6. The van der Waals surface area contributed by atoms with Gasteiger partial charge in [-0.05, 0) is 62.8 Å². The van der Waals surface area contributed by atoms with Crippen LogP contribution >= 0.6 is 11.6 Å². The zero-order valence-corrected chi connectivity index (χ0v) is 22.9. The third-order valence-corrected chi connectivity index (χ3v) is 8.51. The largest absolute Gasteiger partial charge is 0.482 e. The fraction of sp³-hybridized carbons (Fsp3) is 0.467. The lowest BCUT2D eigenvalue weighted by Crippen LogP contribution is -2.44. The number of hydrogen-bond donors (Lipinski definition) is 1. The molecule has 2 amide bonds. The van der Waals surface area contributed by atoms with Gasteiger partial charge in [-0.2, -0.15) is 0 Å². The number of nitrogens with one attached hydrogen (secondary N) is 1. The smallest absolute Gasteiger partial charge is 0.270 e. The highest BCUT2D eigenvalue weighted by Gasteiger charge is 2.39. The maximum absolute atomic E-state index is 15.4. The second-order valence-corrected chi connectivity index (χ2v) is 11.7. The van der Waals surface area contributed by atoms with Gasteiger partial charge in [0.25, 0.3) is 11.8 Å². The second-order valence-electron chi connectivity index (χ2n) is 11.3. The molecule has 40 heavy (non-hydrogen) atoms. The number of aromatic nitrogens is 3. The van der Waals surface area contributed by atoms with Gasteiger partial charge in [0, 0.05) is 48.5 Å². The number of amides is 2. The predicted octanol–water partition coefficient (Wildman–Crippen LogP) is 4.73. The minimum atomic E-state index is -0.619. The lowest BCUT2D eigenvalue weighted by Gasteiger charge is -2.37. The predicted molar refractivity (Wildman–Crippen MR) is 146 cm³/mol. The molecule has 2 aromatic heterocycles. The number of pyridine rings is 1. The first kappa shape index (κ1) is 25.5. The van der Waals surface area contributed by atoms with Crippen LogP contribution in [0.25, 0.3) is 0 Å². The molecule has 8 nitrogen and oxygen atoms in total. The summed E-state index contributed by atoms with van der Waals surface area (Å²) in [6, 6.07) is 7.65. The lowest BCUT2D eigenvalue weighted by molar-refractivity contribution is -0.135. The van der Waals surface area contributed by atoms with Gasteiger partial charge in [0.15, 0.2) is 6.61 Å². The first-order chi connectivity index (χ1) is 19.5. The van der Waals surface area contributed by atoms with Gasteiger partial charge < -0.3 is 19.5 Å². The first-order valence-corrected chi connectivity index (χ1v) is 14.6. The summed E-state index contributed by atoms with van der Waals surface area (Å²) in [5, 5.41) is 3.28. The van der Waals surface area contributed by atoms with Crippen molar-refractivity contribution in [1.82, 2.24) is 24.8 Å². The van der Waals surface area contributed by atoms with Crippen LogP contribution in [0.1, 0.15) is 89.4 Å². The molecule has 0 saturated heterocycles. The number of fused-ring (bicyclic) bond motifs is 3. The van der Waals surface area contributed by atoms with Crippen LogP contribution in [0, 0.1) is 5.82 Å². The summed E-state index contributed by atoms with van der Waals surface area (Å²) in [6.45, 7) is 1.00. The Morgan fingerprint density at radius 3 is 2.67 bits per heavy atom. The van der Waals surface area contributed by atoms with Gasteiger partial charge in [-0.15, -0.1) is 0 Å². The minimum absolute atomic E-state index is 0.173. The Kier molecular flexibility index (Phi) is 6.49. The van der Waals surface area contributed by atoms with Gasteiger partial charge in [0.1, 0.15) is 29.1 Å². The number of nitrogens with zero attached hydrogens (tertiary/aromatic N) is 4. The molecule has 2 saturated carbocycles. The van der Waals surface area contributed by atoms with E-state index in [4.69, 9.17) is 21.3 Å².